The highest BCUT2D eigenvalue weighted by Crippen LogP contribution is 2.31. The van der Waals surface area contributed by atoms with E-state index in [9.17, 15) is 0 Å². The van der Waals surface area contributed by atoms with E-state index < -0.39 is 0 Å². The average Bonchev–Trinajstić information content (AvgIpc) is 2.50. The summed E-state index contributed by atoms with van der Waals surface area (Å²) in [4.78, 5) is 0. The first-order valence-corrected chi connectivity index (χ1v) is 7.66. The van der Waals surface area contributed by atoms with Gasteiger partial charge in [-0.15, -0.1) is 0 Å². The van der Waals surface area contributed by atoms with Crippen LogP contribution in [0.5, 0.6) is 17.2 Å². The monoisotopic (exact) mass is 319 g/mol. The molecular weight excluding hydrogens is 302 g/mol. The Morgan fingerprint density at radius 1 is 0.955 bits per heavy atom. The SMILES string of the molecule is Clc1ccc(OCCOc2ccccc2)c(OC2CNC2)c1. The van der Waals surface area contributed by atoms with Crippen LogP contribution in [-0.2, 0) is 0 Å². The Kier molecular flexibility index (Phi) is 5.03. The van der Waals surface area contributed by atoms with E-state index >= 15 is 0 Å². The van der Waals surface area contributed by atoms with E-state index in [-0.39, 0.29) is 6.10 Å². The standard InChI is InChI=1S/C17H18ClNO3/c18-13-6-7-16(17(10-13)22-15-11-19-12-15)21-9-8-20-14-4-2-1-3-5-14/h1-7,10,15,19H,8-9,11-12H2. The first kappa shape index (κ1) is 15.0. The number of rotatable bonds is 7. The minimum absolute atomic E-state index is 0.182. The molecule has 0 aromatic heterocycles. The lowest BCUT2D eigenvalue weighted by Crippen LogP contribution is -2.50. The normalized spacial score (nSPS) is 14.2. The summed E-state index contributed by atoms with van der Waals surface area (Å²) >= 11 is 6.03. The number of nitrogens with one attached hydrogen (secondary N) is 1. The van der Waals surface area contributed by atoms with Gasteiger partial charge in [-0.25, -0.2) is 0 Å². The Morgan fingerprint density at radius 3 is 2.45 bits per heavy atom. The maximum Gasteiger partial charge on any atom is 0.163 e. The lowest BCUT2D eigenvalue weighted by molar-refractivity contribution is 0.132. The zero-order chi connectivity index (χ0) is 15.2. The highest BCUT2D eigenvalue weighted by atomic mass is 35.5. The Hall–Kier alpha value is -1.91. The van der Waals surface area contributed by atoms with Crippen molar-refractivity contribution in [2.45, 2.75) is 6.10 Å². The fourth-order valence-corrected chi connectivity index (χ4v) is 2.21. The molecule has 3 rings (SSSR count). The lowest BCUT2D eigenvalue weighted by Gasteiger charge is -2.28. The van der Waals surface area contributed by atoms with Crippen molar-refractivity contribution in [3.63, 3.8) is 0 Å². The number of para-hydroxylation sites is 1. The van der Waals surface area contributed by atoms with Crippen molar-refractivity contribution in [1.82, 2.24) is 5.32 Å². The van der Waals surface area contributed by atoms with Crippen LogP contribution in [-0.4, -0.2) is 32.4 Å². The van der Waals surface area contributed by atoms with Crippen LogP contribution >= 0.6 is 11.6 Å². The third-order valence-electron chi connectivity index (χ3n) is 3.30. The van der Waals surface area contributed by atoms with Gasteiger partial charge < -0.3 is 19.5 Å². The van der Waals surface area contributed by atoms with Gasteiger partial charge in [0.15, 0.2) is 11.5 Å². The van der Waals surface area contributed by atoms with Gasteiger partial charge in [0.25, 0.3) is 0 Å². The molecule has 0 amide bonds. The molecule has 0 saturated carbocycles. The van der Waals surface area contributed by atoms with Gasteiger partial charge in [-0.05, 0) is 24.3 Å². The summed E-state index contributed by atoms with van der Waals surface area (Å²) < 4.78 is 17.2. The van der Waals surface area contributed by atoms with Gasteiger partial charge >= 0.3 is 0 Å². The average molecular weight is 320 g/mol. The van der Waals surface area contributed by atoms with Crippen molar-refractivity contribution in [1.29, 1.82) is 0 Å². The molecule has 0 bridgehead atoms. The van der Waals surface area contributed by atoms with Crippen molar-refractivity contribution < 1.29 is 14.2 Å². The highest BCUT2D eigenvalue weighted by Gasteiger charge is 2.20. The summed E-state index contributed by atoms with van der Waals surface area (Å²) in [7, 11) is 0. The lowest BCUT2D eigenvalue weighted by atomic mass is 10.2. The van der Waals surface area contributed by atoms with Crippen LogP contribution in [0.25, 0.3) is 0 Å². The zero-order valence-corrected chi connectivity index (χ0v) is 12.9. The molecule has 1 saturated heterocycles. The van der Waals surface area contributed by atoms with Crippen molar-refractivity contribution in [3.8, 4) is 17.2 Å². The predicted molar refractivity (Wildman–Crippen MR) is 86.2 cm³/mol. The molecule has 0 spiro atoms. The second-order valence-corrected chi connectivity index (χ2v) is 5.44. The third kappa shape index (κ3) is 4.06. The van der Waals surface area contributed by atoms with E-state index in [4.69, 9.17) is 25.8 Å². The maximum atomic E-state index is 6.03. The number of hydrogen-bond acceptors (Lipinski definition) is 4. The zero-order valence-electron chi connectivity index (χ0n) is 12.1. The van der Waals surface area contributed by atoms with Crippen LogP contribution < -0.4 is 19.5 Å². The second kappa shape index (κ2) is 7.38. The van der Waals surface area contributed by atoms with Gasteiger partial charge in [0.05, 0.1) is 0 Å². The molecule has 2 aromatic carbocycles. The number of benzene rings is 2. The number of hydrogen-bond donors (Lipinski definition) is 1. The molecule has 1 heterocycles. The molecule has 0 aliphatic carbocycles. The first-order valence-electron chi connectivity index (χ1n) is 7.29. The van der Waals surface area contributed by atoms with Crippen molar-refractivity contribution in [2.24, 2.45) is 0 Å². The van der Waals surface area contributed by atoms with E-state index in [2.05, 4.69) is 5.32 Å². The highest BCUT2D eigenvalue weighted by molar-refractivity contribution is 6.30. The van der Waals surface area contributed by atoms with E-state index in [0.717, 1.165) is 18.8 Å². The summed E-state index contributed by atoms with van der Waals surface area (Å²) in [6.07, 6.45) is 0.182. The molecule has 1 N–H and O–H groups in total. The van der Waals surface area contributed by atoms with Gasteiger partial charge in [-0.2, -0.15) is 0 Å². The Balaban J connectivity index is 1.52. The van der Waals surface area contributed by atoms with Gasteiger partial charge in [-0.3, -0.25) is 0 Å². The third-order valence-corrected chi connectivity index (χ3v) is 3.53. The minimum Gasteiger partial charge on any atom is -0.490 e. The summed E-state index contributed by atoms with van der Waals surface area (Å²) in [6, 6.07) is 15.1. The van der Waals surface area contributed by atoms with E-state index in [1.807, 2.05) is 36.4 Å². The summed E-state index contributed by atoms with van der Waals surface area (Å²) in [5, 5.41) is 3.80. The Morgan fingerprint density at radius 2 is 1.73 bits per heavy atom. The van der Waals surface area contributed by atoms with Gasteiger partial charge in [0, 0.05) is 24.2 Å². The summed E-state index contributed by atoms with van der Waals surface area (Å²) in [5.41, 5.74) is 0. The maximum absolute atomic E-state index is 6.03. The van der Waals surface area contributed by atoms with Gasteiger partial charge in [0.2, 0.25) is 0 Å². The molecule has 0 unspecified atom stereocenters. The Labute approximate surface area is 135 Å². The molecule has 5 heteroatoms. The molecule has 0 atom stereocenters. The van der Waals surface area contributed by atoms with Crippen LogP contribution in [0.1, 0.15) is 0 Å². The largest absolute Gasteiger partial charge is 0.490 e. The molecule has 4 nitrogen and oxygen atoms in total. The number of ether oxygens (including phenoxy) is 3. The van der Waals surface area contributed by atoms with Crippen LogP contribution in [0.4, 0.5) is 0 Å². The quantitative estimate of drug-likeness (QED) is 0.796. The van der Waals surface area contributed by atoms with Crippen molar-refractivity contribution in [2.75, 3.05) is 26.3 Å². The summed E-state index contributed by atoms with van der Waals surface area (Å²) in [6.45, 7) is 2.61. The first-order chi connectivity index (χ1) is 10.8. The molecule has 0 radical (unpaired) electrons. The molecule has 1 fully saturated rings. The van der Waals surface area contributed by atoms with E-state index in [1.54, 1.807) is 12.1 Å². The Bertz CT molecular complexity index is 602. The molecular formula is C17H18ClNO3. The minimum atomic E-state index is 0.182. The smallest absolute Gasteiger partial charge is 0.163 e. The van der Waals surface area contributed by atoms with Crippen molar-refractivity contribution in [3.05, 3.63) is 53.6 Å². The fraction of sp³-hybridized carbons (Fsp3) is 0.294. The fourth-order valence-electron chi connectivity index (χ4n) is 2.05. The second-order valence-electron chi connectivity index (χ2n) is 5.00. The number of halogens is 1. The topological polar surface area (TPSA) is 39.7 Å². The van der Waals surface area contributed by atoms with Crippen LogP contribution in [0.3, 0.4) is 0 Å². The van der Waals surface area contributed by atoms with E-state index in [1.165, 1.54) is 0 Å². The molecule has 1 aliphatic heterocycles. The molecule has 22 heavy (non-hydrogen) atoms. The van der Waals surface area contributed by atoms with Crippen LogP contribution in [0.2, 0.25) is 5.02 Å². The summed E-state index contributed by atoms with van der Waals surface area (Å²) in [5.74, 6) is 2.20. The van der Waals surface area contributed by atoms with Gasteiger partial charge in [0.1, 0.15) is 25.1 Å². The van der Waals surface area contributed by atoms with Gasteiger partial charge in [-0.1, -0.05) is 29.8 Å². The molecule has 2 aromatic rings. The van der Waals surface area contributed by atoms with E-state index in [0.29, 0.717) is 29.7 Å². The van der Waals surface area contributed by atoms with Crippen LogP contribution in [0, 0.1) is 0 Å². The predicted octanol–water partition coefficient (Wildman–Crippen LogP) is 3.15. The molecule has 116 valence electrons. The molecule has 1 aliphatic rings. The van der Waals surface area contributed by atoms with Crippen LogP contribution in [0.15, 0.2) is 48.5 Å². The van der Waals surface area contributed by atoms with Crippen molar-refractivity contribution >= 4 is 11.6 Å².